The highest BCUT2D eigenvalue weighted by atomic mass is 79.9. The summed E-state index contributed by atoms with van der Waals surface area (Å²) in [4.78, 5) is 23.6. The molecule has 6 heteroatoms. The lowest BCUT2D eigenvalue weighted by atomic mass is 9.98. The molecule has 0 spiro atoms. The lowest BCUT2D eigenvalue weighted by molar-refractivity contribution is -0.959. The molecule has 0 aromatic carbocycles. The molecule has 0 heterocycles. The largest absolute Gasteiger partial charge is 1.00 e. The van der Waals surface area contributed by atoms with Gasteiger partial charge in [0.1, 0.15) is 13.2 Å². The van der Waals surface area contributed by atoms with E-state index in [9.17, 15) is 9.59 Å². The first kappa shape index (κ1) is 23.4. The number of rotatable bonds is 9. The fraction of sp³-hybridized carbons (Fsp3) is 0.750. The summed E-state index contributed by atoms with van der Waals surface area (Å²) in [5.74, 6) is -0.731. The van der Waals surface area contributed by atoms with Gasteiger partial charge in [-0.1, -0.05) is 6.58 Å². The van der Waals surface area contributed by atoms with Crippen molar-refractivity contribution in [2.75, 3.05) is 32.8 Å². The summed E-state index contributed by atoms with van der Waals surface area (Å²) >= 11 is 0. The van der Waals surface area contributed by atoms with Gasteiger partial charge in [-0.3, -0.25) is 0 Å². The third kappa shape index (κ3) is 5.39. The molecule has 0 bridgehead atoms. The van der Waals surface area contributed by atoms with E-state index in [-0.39, 0.29) is 36.2 Å². The number of hydrogen-bond acceptors (Lipinski definition) is 4. The summed E-state index contributed by atoms with van der Waals surface area (Å²) in [6.45, 7) is 17.8. The van der Waals surface area contributed by atoms with Crippen molar-refractivity contribution in [2.24, 2.45) is 0 Å². The van der Waals surface area contributed by atoms with Crippen LogP contribution in [0, 0.1) is 0 Å². The molecule has 130 valence electrons. The van der Waals surface area contributed by atoms with Gasteiger partial charge in [0.15, 0.2) is 5.54 Å². The van der Waals surface area contributed by atoms with Crippen LogP contribution >= 0.6 is 0 Å². The highest BCUT2D eigenvalue weighted by molar-refractivity contribution is 5.86. The van der Waals surface area contributed by atoms with Crippen LogP contribution in [0.1, 0.15) is 41.5 Å². The van der Waals surface area contributed by atoms with Crippen LogP contribution in [0.25, 0.3) is 0 Å². The molecule has 0 saturated heterocycles. The molecule has 0 atom stereocenters. The molecule has 0 fully saturated rings. The number of nitrogens with zero attached hydrogens (tertiary/aromatic N) is 1. The number of esters is 2. The Kier molecular flexibility index (Phi) is 10.6. The molecule has 22 heavy (non-hydrogen) atoms. The number of halogens is 1. The van der Waals surface area contributed by atoms with Crippen LogP contribution in [0.4, 0.5) is 0 Å². The van der Waals surface area contributed by atoms with Crippen molar-refractivity contribution in [1.82, 2.24) is 0 Å². The maximum atomic E-state index is 12.4. The van der Waals surface area contributed by atoms with Crippen molar-refractivity contribution in [3.05, 3.63) is 12.2 Å². The van der Waals surface area contributed by atoms with Gasteiger partial charge in [0.2, 0.25) is 0 Å². The Morgan fingerprint density at radius 3 is 1.77 bits per heavy atom. The van der Waals surface area contributed by atoms with E-state index in [1.165, 1.54) is 0 Å². The third-order valence-corrected chi connectivity index (χ3v) is 4.40. The van der Waals surface area contributed by atoms with Gasteiger partial charge in [-0.25, -0.2) is 9.59 Å². The van der Waals surface area contributed by atoms with Crippen molar-refractivity contribution in [1.29, 1.82) is 0 Å². The SMILES string of the molecule is C=C(C)C(=O)OCCOC(=O)C(C)(C)[N+](CC)(CC)CC.[Br-]. The predicted molar refractivity (Wildman–Crippen MR) is 82.7 cm³/mol. The second-order valence-corrected chi connectivity index (χ2v) is 5.71. The van der Waals surface area contributed by atoms with E-state index in [0.29, 0.717) is 10.1 Å². The van der Waals surface area contributed by atoms with Gasteiger partial charge in [-0.2, -0.15) is 0 Å². The van der Waals surface area contributed by atoms with Crippen LogP contribution in [-0.2, 0) is 19.1 Å². The molecule has 0 aliphatic rings. The average molecular weight is 380 g/mol. The first-order valence-electron chi connectivity index (χ1n) is 7.54. The molecule has 0 N–H and O–H groups in total. The quantitative estimate of drug-likeness (QED) is 0.230. The van der Waals surface area contributed by atoms with Crippen molar-refractivity contribution in [3.63, 3.8) is 0 Å². The molecule has 0 radical (unpaired) electrons. The summed E-state index contributed by atoms with van der Waals surface area (Å²) in [6, 6.07) is 0. The van der Waals surface area contributed by atoms with Crippen molar-refractivity contribution in [3.8, 4) is 0 Å². The molecule has 0 aromatic heterocycles. The monoisotopic (exact) mass is 379 g/mol. The minimum atomic E-state index is -0.628. The van der Waals surface area contributed by atoms with Gasteiger partial charge in [-0.15, -0.1) is 0 Å². The standard InChI is InChI=1S/C16H30NO4.BrH/c1-8-17(9-2,10-3)16(6,7)15(19)21-12-11-20-14(18)13(4)5;/h4,8-12H2,1-3,5-7H3;1H/q+1;/p-1. The van der Waals surface area contributed by atoms with Crippen LogP contribution < -0.4 is 17.0 Å². The topological polar surface area (TPSA) is 52.6 Å². The van der Waals surface area contributed by atoms with Crippen molar-refractivity contribution in [2.45, 2.75) is 47.1 Å². The van der Waals surface area contributed by atoms with Gasteiger partial charge >= 0.3 is 11.9 Å². The molecule has 0 rings (SSSR count). The zero-order chi connectivity index (χ0) is 16.7. The second kappa shape index (κ2) is 10.0. The van der Waals surface area contributed by atoms with Crippen LogP contribution in [-0.4, -0.2) is 54.8 Å². The summed E-state index contributed by atoms with van der Waals surface area (Å²) in [6.07, 6.45) is 0. The summed E-state index contributed by atoms with van der Waals surface area (Å²) in [7, 11) is 0. The van der Waals surface area contributed by atoms with Gasteiger partial charge in [0, 0.05) is 19.4 Å². The van der Waals surface area contributed by atoms with E-state index in [0.717, 1.165) is 19.6 Å². The lowest BCUT2D eigenvalue weighted by Gasteiger charge is -2.46. The molecule has 0 saturated carbocycles. The highest BCUT2D eigenvalue weighted by Gasteiger charge is 2.47. The smallest absolute Gasteiger partial charge is 0.367 e. The van der Waals surface area contributed by atoms with Crippen LogP contribution in [0.3, 0.4) is 0 Å². The molecular weight excluding hydrogens is 350 g/mol. The molecule has 0 aliphatic heterocycles. The minimum absolute atomic E-state index is 0. The Bertz CT molecular complexity index is 381. The maximum Gasteiger partial charge on any atom is 0.367 e. The Hall–Kier alpha value is -0.880. The average Bonchev–Trinajstić information content (AvgIpc) is 2.44. The number of carbonyl (C=O) groups is 2. The highest BCUT2D eigenvalue weighted by Crippen LogP contribution is 2.26. The number of quaternary nitrogens is 1. The molecule has 5 nitrogen and oxygen atoms in total. The van der Waals surface area contributed by atoms with E-state index < -0.39 is 11.5 Å². The van der Waals surface area contributed by atoms with Crippen LogP contribution in [0.5, 0.6) is 0 Å². The summed E-state index contributed by atoms with van der Waals surface area (Å²) in [5.41, 5.74) is -0.295. The van der Waals surface area contributed by atoms with Crippen LogP contribution in [0.15, 0.2) is 12.2 Å². The normalized spacial score (nSPS) is 11.4. The molecule has 0 aliphatic carbocycles. The third-order valence-electron chi connectivity index (χ3n) is 4.40. The Balaban J connectivity index is 0. The first-order chi connectivity index (χ1) is 9.68. The van der Waals surface area contributed by atoms with Gasteiger partial charge < -0.3 is 30.9 Å². The number of ether oxygens (including phenoxy) is 2. The van der Waals surface area contributed by atoms with E-state index >= 15 is 0 Å². The first-order valence-corrected chi connectivity index (χ1v) is 7.54. The van der Waals surface area contributed by atoms with Crippen molar-refractivity contribution < 1.29 is 40.5 Å². The molecule has 0 amide bonds. The van der Waals surface area contributed by atoms with E-state index in [4.69, 9.17) is 9.47 Å². The summed E-state index contributed by atoms with van der Waals surface area (Å²) < 4.78 is 10.9. The van der Waals surface area contributed by atoms with Gasteiger partial charge in [-0.05, 0) is 27.7 Å². The van der Waals surface area contributed by atoms with Crippen LogP contribution in [0.2, 0.25) is 0 Å². The maximum absolute atomic E-state index is 12.4. The van der Waals surface area contributed by atoms with Gasteiger partial charge in [0.25, 0.3) is 0 Å². The molecular formula is C16H30BrNO4. The zero-order valence-electron chi connectivity index (χ0n) is 14.7. The Morgan fingerprint density at radius 1 is 1.00 bits per heavy atom. The Labute approximate surface area is 145 Å². The zero-order valence-corrected chi connectivity index (χ0v) is 16.3. The van der Waals surface area contributed by atoms with E-state index in [1.54, 1.807) is 6.92 Å². The molecule has 0 unspecified atom stereocenters. The van der Waals surface area contributed by atoms with Crippen molar-refractivity contribution >= 4 is 11.9 Å². The predicted octanol–water partition coefficient (Wildman–Crippen LogP) is -0.692. The lowest BCUT2D eigenvalue weighted by Crippen LogP contribution is -3.00. The van der Waals surface area contributed by atoms with E-state index in [1.807, 2.05) is 13.8 Å². The van der Waals surface area contributed by atoms with E-state index in [2.05, 4.69) is 27.4 Å². The second-order valence-electron chi connectivity index (χ2n) is 5.71. The minimum Gasteiger partial charge on any atom is -1.00 e. The van der Waals surface area contributed by atoms with Gasteiger partial charge in [0.05, 0.1) is 19.6 Å². The number of hydrogen-bond donors (Lipinski definition) is 0. The summed E-state index contributed by atoms with van der Waals surface area (Å²) in [5, 5.41) is 0. The Morgan fingerprint density at radius 2 is 1.41 bits per heavy atom. The number of likely N-dealkylation sites (N-methyl/N-ethyl adjacent to an activating group) is 1. The number of carbonyl (C=O) groups excluding carboxylic acids is 2. The molecule has 0 aromatic rings. The fourth-order valence-corrected chi connectivity index (χ4v) is 2.62. The fourth-order valence-electron chi connectivity index (χ4n) is 2.62.